The molecule has 3 N–H and O–H groups in total. The lowest BCUT2D eigenvalue weighted by Crippen LogP contribution is -2.50. The summed E-state index contributed by atoms with van der Waals surface area (Å²) in [5.41, 5.74) is 0. The third-order valence-electron chi connectivity index (χ3n) is 3.89. The maximum absolute atomic E-state index is 12.0. The lowest BCUT2D eigenvalue weighted by Gasteiger charge is -2.21. The van der Waals surface area contributed by atoms with Gasteiger partial charge in [0.15, 0.2) is 0 Å². The van der Waals surface area contributed by atoms with E-state index in [4.69, 9.17) is 5.11 Å². The molecule has 0 bridgehead atoms. The van der Waals surface area contributed by atoms with Crippen LogP contribution in [-0.4, -0.2) is 59.2 Å². The molecule has 0 spiro atoms. The van der Waals surface area contributed by atoms with Gasteiger partial charge in [-0.3, -0.25) is 28.9 Å². The Morgan fingerprint density at radius 2 is 1.74 bits per heavy atom. The number of nitrogens with zero attached hydrogens (tertiary/aromatic N) is 1. The number of unbranched alkanes of at least 4 members (excludes halogenated alkanes) is 2. The minimum Gasteiger partial charge on any atom is -0.480 e. The highest BCUT2D eigenvalue weighted by atomic mass is 16.4. The molecule has 27 heavy (non-hydrogen) atoms. The molecule has 0 aliphatic carbocycles. The minimum atomic E-state index is -1.15. The first-order valence-electron chi connectivity index (χ1n) is 9.26. The second-order valence-electron chi connectivity index (χ2n) is 6.65. The van der Waals surface area contributed by atoms with E-state index < -0.39 is 24.5 Å². The zero-order chi connectivity index (χ0) is 20.8. The number of carbonyl (C=O) groups is 5. The molecule has 0 rings (SSSR count). The average molecular weight is 385 g/mol. The molecule has 0 radical (unpaired) electrons. The van der Waals surface area contributed by atoms with Crippen molar-refractivity contribution >= 4 is 30.1 Å². The molecule has 0 fully saturated rings. The first-order chi connectivity index (χ1) is 12.7. The molecule has 0 aliphatic heterocycles. The summed E-state index contributed by atoms with van der Waals surface area (Å²) in [6.45, 7) is 5.21. The molecule has 1 unspecified atom stereocenters. The summed E-state index contributed by atoms with van der Waals surface area (Å²) >= 11 is 0. The molecular formula is C18H31N3O6. The van der Waals surface area contributed by atoms with Crippen molar-refractivity contribution in [3.63, 3.8) is 0 Å². The predicted octanol–water partition coefficient (Wildman–Crippen LogP) is 0.674. The largest absolute Gasteiger partial charge is 0.480 e. The Balaban J connectivity index is 4.21. The molecule has 154 valence electrons. The fourth-order valence-electron chi connectivity index (χ4n) is 2.39. The molecule has 4 amide bonds. The number of carboxylic acids is 1. The van der Waals surface area contributed by atoms with Crippen LogP contribution >= 0.6 is 0 Å². The molecule has 0 saturated carbocycles. The molecule has 0 aromatic rings. The van der Waals surface area contributed by atoms with Crippen LogP contribution in [-0.2, 0) is 24.0 Å². The van der Waals surface area contributed by atoms with E-state index in [0.29, 0.717) is 45.1 Å². The SMILES string of the molecule is CCCC(=O)N(C=O)CCCCCC(=O)NC(C(=O)NCC(=O)O)C(C)C. The molecule has 0 saturated heterocycles. The van der Waals surface area contributed by atoms with Crippen LogP contribution in [0.1, 0.15) is 59.3 Å². The third-order valence-corrected chi connectivity index (χ3v) is 3.89. The van der Waals surface area contributed by atoms with Crippen LogP contribution in [0.4, 0.5) is 0 Å². The number of carboxylic acid groups (broad SMARTS) is 1. The Morgan fingerprint density at radius 1 is 1.07 bits per heavy atom. The van der Waals surface area contributed by atoms with Gasteiger partial charge in [-0.15, -0.1) is 0 Å². The summed E-state index contributed by atoms with van der Waals surface area (Å²) in [5, 5.41) is 13.5. The van der Waals surface area contributed by atoms with Crippen molar-refractivity contribution in [2.45, 2.75) is 65.3 Å². The lowest BCUT2D eigenvalue weighted by atomic mass is 10.0. The van der Waals surface area contributed by atoms with Crippen molar-refractivity contribution in [3.05, 3.63) is 0 Å². The van der Waals surface area contributed by atoms with E-state index in [1.54, 1.807) is 13.8 Å². The van der Waals surface area contributed by atoms with E-state index in [1.807, 2.05) is 6.92 Å². The summed E-state index contributed by atoms with van der Waals surface area (Å²) in [5.74, 6) is -2.37. The third kappa shape index (κ3) is 11.0. The van der Waals surface area contributed by atoms with Gasteiger partial charge in [0.2, 0.25) is 24.1 Å². The molecule has 1 atom stereocenters. The van der Waals surface area contributed by atoms with Crippen molar-refractivity contribution < 1.29 is 29.1 Å². The standard InChI is InChI=1S/C18H31N3O6/c1-4-8-15(24)21(12-22)10-7-5-6-9-14(23)20-17(13(2)3)18(27)19-11-16(25)26/h12-13,17H,4-11H2,1-3H3,(H,19,27)(H,20,23)(H,25,26). The fourth-order valence-corrected chi connectivity index (χ4v) is 2.39. The Hall–Kier alpha value is -2.45. The lowest BCUT2D eigenvalue weighted by molar-refractivity contribution is -0.139. The summed E-state index contributed by atoms with van der Waals surface area (Å²) in [6.07, 6.45) is 3.58. The maximum Gasteiger partial charge on any atom is 0.322 e. The Labute approximate surface area is 159 Å². The number of carbonyl (C=O) groups excluding carboxylic acids is 4. The van der Waals surface area contributed by atoms with E-state index in [-0.39, 0.29) is 24.2 Å². The highest BCUT2D eigenvalue weighted by molar-refractivity contribution is 5.89. The van der Waals surface area contributed by atoms with Gasteiger partial charge in [0.05, 0.1) is 0 Å². The monoisotopic (exact) mass is 385 g/mol. The van der Waals surface area contributed by atoms with Crippen molar-refractivity contribution in [3.8, 4) is 0 Å². The number of hydrogen-bond acceptors (Lipinski definition) is 5. The summed E-state index contributed by atoms with van der Waals surface area (Å²) < 4.78 is 0. The smallest absolute Gasteiger partial charge is 0.322 e. The zero-order valence-electron chi connectivity index (χ0n) is 16.3. The van der Waals surface area contributed by atoms with Gasteiger partial charge in [-0.05, 0) is 25.2 Å². The molecule has 9 heteroatoms. The molecule has 0 aliphatic rings. The van der Waals surface area contributed by atoms with Crippen LogP contribution in [0.5, 0.6) is 0 Å². The number of nitrogens with one attached hydrogen (secondary N) is 2. The van der Waals surface area contributed by atoms with Gasteiger partial charge in [-0.25, -0.2) is 0 Å². The van der Waals surface area contributed by atoms with Crippen molar-refractivity contribution in [1.82, 2.24) is 15.5 Å². The molecule has 9 nitrogen and oxygen atoms in total. The molecule has 0 heterocycles. The van der Waals surface area contributed by atoms with Gasteiger partial charge in [-0.2, -0.15) is 0 Å². The highest BCUT2D eigenvalue weighted by Gasteiger charge is 2.24. The normalized spacial score (nSPS) is 11.6. The molecule has 0 aromatic carbocycles. The Kier molecular flexibility index (Phi) is 12.5. The molecular weight excluding hydrogens is 354 g/mol. The zero-order valence-corrected chi connectivity index (χ0v) is 16.3. The number of aliphatic carboxylic acids is 1. The highest BCUT2D eigenvalue weighted by Crippen LogP contribution is 2.06. The second kappa shape index (κ2) is 13.7. The first-order valence-corrected chi connectivity index (χ1v) is 9.26. The van der Waals surface area contributed by atoms with Gasteiger partial charge in [0.1, 0.15) is 12.6 Å². The van der Waals surface area contributed by atoms with Crippen molar-refractivity contribution in [2.75, 3.05) is 13.1 Å². The Morgan fingerprint density at radius 3 is 2.26 bits per heavy atom. The summed E-state index contributed by atoms with van der Waals surface area (Å²) in [7, 11) is 0. The summed E-state index contributed by atoms with van der Waals surface area (Å²) in [6, 6.07) is -0.797. The van der Waals surface area contributed by atoms with Crippen molar-refractivity contribution in [1.29, 1.82) is 0 Å². The minimum absolute atomic E-state index is 0.187. The van der Waals surface area contributed by atoms with Gasteiger partial charge in [-0.1, -0.05) is 27.2 Å². The van der Waals surface area contributed by atoms with Crippen molar-refractivity contribution in [2.24, 2.45) is 5.92 Å². The van der Waals surface area contributed by atoms with Gasteiger partial charge < -0.3 is 15.7 Å². The number of hydrogen-bond donors (Lipinski definition) is 3. The van der Waals surface area contributed by atoms with Crippen LogP contribution in [0.15, 0.2) is 0 Å². The van der Waals surface area contributed by atoms with E-state index in [1.165, 1.54) is 0 Å². The second-order valence-corrected chi connectivity index (χ2v) is 6.65. The van der Waals surface area contributed by atoms with Crippen LogP contribution in [0.3, 0.4) is 0 Å². The average Bonchev–Trinajstić information content (AvgIpc) is 2.60. The van der Waals surface area contributed by atoms with E-state index in [2.05, 4.69) is 10.6 Å². The van der Waals surface area contributed by atoms with Gasteiger partial charge in [0.25, 0.3) is 0 Å². The van der Waals surface area contributed by atoms with E-state index in [0.717, 1.165) is 4.90 Å². The number of amides is 4. The predicted molar refractivity (Wildman–Crippen MR) is 98.6 cm³/mol. The van der Waals surface area contributed by atoms with E-state index in [9.17, 15) is 24.0 Å². The fraction of sp³-hybridized carbons (Fsp3) is 0.722. The number of rotatable bonds is 14. The van der Waals surface area contributed by atoms with E-state index >= 15 is 0 Å². The van der Waals surface area contributed by atoms with Gasteiger partial charge >= 0.3 is 5.97 Å². The van der Waals surface area contributed by atoms with Crippen LogP contribution in [0, 0.1) is 5.92 Å². The van der Waals surface area contributed by atoms with Crippen LogP contribution in [0.2, 0.25) is 0 Å². The number of imide groups is 1. The molecule has 0 aromatic heterocycles. The summed E-state index contributed by atoms with van der Waals surface area (Å²) in [4.78, 5) is 58.2. The maximum atomic E-state index is 12.0. The van der Waals surface area contributed by atoms with Gasteiger partial charge in [0, 0.05) is 19.4 Å². The first kappa shape index (κ1) is 24.6. The topological polar surface area (TPSA) is 133 Å². The quantitative estimate of drug-likeness (QED) is 0.297. The van der Waals surface area contributed by atoms with Crippen LogP contribution in [0.25, 0.3) is 0 Å². The Bertz CT molecular complexity index is 521. The van der Waals surface area contributed by atoms with Crippen LogP contribution < -0.4 is 10.6 Å².